The molecule has 12 heterocycles. The molecule has 35 nitrogen and oxygen atoms in total. The number of aromatic amines is 1. The molecule has 4 amide bonds. The van der Waals surface area contributed by atoms with Gasteiger partial charge in [-0.25, -0.2) is 49.2 Å². The molecule has 0 radical (unpaired) electrons. The Morgan fingerprint density at radius 3 is 2.18 bits per heavy atom. The number of nitrogens with one attached hydrogen (secondary N) is 2. The van der Waals surface area contributed by atoms with Crippen molar-refractivity contribution in [2.75, 3.05) is 135 Å². The summed E-state index contributed by atoms with van der Waals surface area (Å²) in [4.78, 5) is 156. The molecule has 7 aliphatic rings. The number of pyridine rings is 1. The number of H-pyrrole nitrogens is 1. The van der Waals surface area contributed by atoms with Crippen LogP contribution in [0.1, 0.15) is 176 Å². The number of nitrogens with two attached hydrogens (primary N) is 1. The first kappa shape index (κ1) is 98.8. The number of nitrogen functional groups attached to an aromatic ring is 1. The van der Waals surface area contributed by atoms with Crippen molar-refractivity contribution in [1.82, 2.24) is 69.7 Å². The Bertz CT molecular complexity index is 5340. The average Bonchev–Trinajstić information content (AvgIpc) is 1.54. The number of ketones is 3. The maximum atomic E-state index is 14.7. The standard InChI is InChI=1S/C99H131N17O18/c1-62-14-10-9-11-15-63(2)84(126-7)52-77-22-17-64(3)90(132-77)89(121)95(123)115-31-13-12-16-79(115)96(124)133-76(51-80(117)66(5)47-67(6)82(119)53-81(118)65(4)46-62)23-19-68-20-24-83(85(49-68)127-8)134-99(125)114-33-27-78-75(60-114)57-106-98(109-78)112-36-34-111(35-37-112)97-104-55-74(56-105-97)94(122)102-30-39-129-41-43-131-45-44-130-42-40-128-38-28-86(120)113-32-26-70-48-69(18-21-72(70)59-113)58-116-93-87(91(100)107-61-108-93)88(110-116)73-50-71-25-29-101-92(71)103-54-73/h9-11,14-15,18,21,25,29,47-48,50,54-57,61-62,64-66,68,76-77,79,82-85,90,119H,12-13,16-17,19-20,22-24,26-28,30-46,49,51-53,58-60H2,1-8H3,(H,101,103)(H,102,122)(H2,100,107,108)/b11-9?,14-10+,63-15?,67-47+/t62-,64-,65-,66-,68-,76-,77?,79+,82+,83-,84+,85-,90?/m1/s1. The molecule has 5 N–H and O–H groups in total. The number of esters is 1. The second-order valence-electron chi connectivity index (χ2n) is 36.7. The summed E-state index contributed by atoms with van der Waals surface area (Å²) in [5, 5.41) is 20.8. The number of anilines is 3. The van der Waals surface area contributed by atoms with E-state index in [1.54, 1.807) is 51.4 Å². The van der Waals surface area contributed by atoms with Crippen molar-refractivity contribution in [2.24, 2.45) is 29.6 Å². The van der Waals surface area contributed by atoms with E-state index in [0.717, 1.165) is 51.0 Å². The first-order chi connectivity index (χ1) is 64.9. The van der Waals surface area contributed by atoms with Gasteiger partial charge in [0.15, 0.2) is 5.65 Å². The summed E-state index contributed by atoms with van der Waals surface area (Å²) in [7, 11) is 3.23. The lowest BCUT2D eigenvalue weighted by molar-refractivity contribution is -0.169. The number of aliphatic hydroxyl groups is 1. The fourth-order valence-electron chi connectivity index (χ4n) is 19.0. The molecule has 0 spiro atoms. The molecule has 14 rings (SSSR count). The minimum Gasteiger partial charge on any atom is -0.460 e. The molecule has 1 saturated carbocycles. The molecule has 2 unspecified atom stereocenters. The number of carbonyl (C=O) groups is 8. The number of ether oxygens (including phenoxy) is 9. The number of nitrogens with zero attached hydrogens (tertiary/aromatic N) is 14. The summed E-state index contributed by atoms with van der Waals surface area (Å²) < 4.78 is 55.7. The third-order valence-corrected chi connectivity index (χ3v) is 27.0. The van der Waals surface area contributed by atoms with Gasteiger partial charge in [0.25, 0.3) is 11.8 Å². The number of carbonyl (C=O) groups excluding carboxylic acids is 8. The third-order valence-electron chi connectivity index (χ3n) is 27.0. The molecule has 6 aliphatic heterocycles. The molecule has 1 aliphatic carbocycles. The van der Waals surface area contributed by atoms with E-state index in [4.69, 9.17) is 63.4 Å². The normalized spacial score (nSPS) is 25.4. The minimum absolute atomic E-state index is 0.0314. The van der Waals surface area contributed by atoms with E-state index in [-0.39, 0.29) is 118 Å². The van der Waals surface area contributed by atoms with Crippen molar-refractivity contribution in [2.45, 2.75) is 219 Å². The highest BCUT2D eigenvalue weighted by Gasteiger charge is 2.45. The highest BCUT2D eigenvalue weighted by Crippen LogP contribution is 2.38. The number of piperidine rings is 1. The smallest absolute Gasteiger partial charge is 0.410 e. The van der Waals surface area contributed by atoms with E-state index >= 15 is 0 Å². The summed E-state index contributed by atoms with van der Waals surface area (Å²) in [5.41, 5.74) is 16.1. The number of benzene rings is 1. The van der Waals surface area contributed by atoms with Crippen LogP contribution in [-0.4, -0.2) is 285 Å². The van der Waals surface area contributed by atoms with Crippen LogP contribution in [0.3, 0.4) is 0 Å². The van der Waals surface area contributed by atoms with Gasteiger partial charge in [-0.2, -0.15) is 5.10 Å². The SMILES string of the molecule is CO[C@H]1CC2CC[C@@H](C)C(O2)C(=O)C(=O)N2CCCC[C@H]2C(=O)O[C@H](CC[C@@H]2CC[C@@H](OC(=O)N3CCc4nc(N5CCN(c6ncc(C(=O)NCCOCCOCCOCCOCCC(=O)N7CCc8cc(Cn9nc(-c%10cnc%11[nH]ccc%11c%10)c%10c(N)ncnc%109)ccc8C7)cn6)CC5)ncc4C3)[C@H](OC)C2)CC(=O)[C@H](C)/C=C(\C)[C@@H](O)CC(=O)[C@H](C)C[C@H](C)/C=C/C=CC=C1C. The largest absolute Gasteiger partial charge is 0.460 e. The number of hydrogen-bond donors (Lipinski definition) is 4. The van der Waals surface area contributed by atoms with Crippen molar-refractivity contribution in [3.05, 3.63) is 149 Å². The van der Waals surface area contributed by atoms with Crippen LogP contribution in [0.15, 0.2) is 115 Å². The van der Waals surface area contributed by atoms with Crippen molar-refractivity contribution in [3.63, 3.8) is 0 Å². The molecule has 720 valence electrons. The predicted octanol–water partition coefficient (Wildman–Crippen LogP) is 10.2. The zero-order valence-electron chi connectivity index (χ0n) is 78.5. The van der Waals surface area contributed by atoms with Crippen LogP contribution in [0, 0.1) is 29.6 Å². The fourth-order valence-corrected chi connectivity index (χ4v) is 19.0. The molecule has 13 atom stereocenters. The Morgan fingerprint density at radius 2 is 1.41 bits per heavy atom. The molecule has 6 aromatic heterocycles. The number of cyclic esters (lactones) is 1. The maximum absolute atomic E-state index is 14.7. The summed E-state index contributed by atoms with van der Waals surface area (Å²) >= 11 is 0. The van der Waals surface area contributed by atoms with Gasteiger partial charge in [0.2, 0.25) is 23.6 Å². The lowest BCUT2D eigenvalue weighted by Crippen LogP contribution is -2.55. The van der Waals surface area contributed by atoms with Crippen LogP contribution in [0.25, 0.3) is 33.3 Å². The quantitative estimate of drug-likeness (QED) is 0.0161. The number of amides is 4. The Kier molecular flexibility index (Phi) is 35.3. The van der Waals surface area contributed by atoms with Crippen LogP contribution in [-0.2, 0) is 104 Å². The second-order valence-corrected chi connectivity index (χ2v) is 36.7. The van der Waals surface area contributed by atoms with Gasteiger partial charge in [0.05, 0.1) is 113 Å². The van der Waals surface area contributed by atoms with E-state index in [9.17, 15) is 43.5 Å². The van der Waals surface area contributed by atoms with E-state index in [1.807, 2.05) is 86.0 Å². The van der Waals surface area contributed by atoms with E-state index < -0.39 is 66.2 Å². The van der Waals surface area contributed by atoms with Gasteiger partial charge in [-0.15, -0.1) is 0 Å². The van der Waals surface area contributed by atoms with Gasteiger partial charge < -0.3 is 88.3 Å². The zero-order valence-corrected chi connectivity index (χ0v) is 78.5. The van der Waals surface area contributed by atoms with Gasteiger partial charge in [-0.3, -0.25) is 28.8 Å². The first-order valence-electron chi connectivity index (χ1n) is 47.6. The third kappa shape index (κ3) is 26.1. The molecular weight excluding hydrogens is 1720 g/mol. The Hall–Kier alpha value is -11.2. The average molecular weight is 1850 g/mol. The molecule has 2 bridgehead atoms. The first-order valence-corrected chi connectivity index (χ1v) is 47.6. The van der Waals surface area contributed by atoms with Crippen LogP contribution < -0.4 is 20.9 Å². The monoisotopic (exact) mass is 1850 g/mol. The van der Waals surface area contributed by atoms with E-state index in [0.29, 0.717) is 215 Å². The molecule has 35 heteroatoms. The van der Waals surface area contributed by atoms with Crippen molar-refractivity contribution >= 4 is 86.9 Å². The Morgan fingerprint density at radius 1 is 0.672 bits per heavy atom. The van der Waals surface area contributed by atoms with Crippen LogP contribution >= 0.6 is 0 Å². The highest BCUT2D eigenvalue weighted by atomic mass is 16.6. The summed E-state index contributed by atoms with van der Waals surface area (Å²) in [6.45, 7) is 19.1. The second kappa shape index (κ2) is 47.8. The zero-order chi connectivity index (χ0) is 94.3. The van der Waals surface area contributed by atoms with Gasteiger partial charge >= 0.3 is 12.1 Å². The molecule has 3 saturated heterocycles. The van der Waals surface area contributed by atoms with E-state index in [1.165, 1.54) is 29.2 Å². The summed E-state index contributed by atoms with van der Waals surface area (Å²) in [5.74, 6) is -2.53. The number of aliphatic hydroxyl groups excluding tert-OH is 1. The Balaban J connectivity index is 0.465. The van der Waals surface area contributed by atoms with Gasteiger partial charge in [0.1, 0.15) is 59.4 Å². The fraction of sp³-hybridized carbons (Fsp3) is 0.576. The maximum Gasteiger partial charge on any atom is 0.410 e. The molecular formula is C99H131N17O18. The number of allylic oxidation sites excluding steroid dienone is 6. The number of fused-ring (bicyclic) bond motifs is 7. The number of methoxy groups -OCH3 is 2. The molecule has 7 aromatic rings. The lowest BCUT2D eigenvalue weighted by Gasteiger charge is -2.38. The molecule has 1 aromatic carbocycles. The van der Waals surface area contributed by atoms with Gasteiger partial charge in [-0.1, -0.05) is 82.4 Å². The topological polar surface area (TPSA) is 418 Å². The van der Waals surface area contributed by atoms with Crippen LogP contribution in [0.5, 0.6) is 0 Å². The predicted molar refractivity (Wildman–Crippen MR) is 500 cm³/mol. The van der Waals surface area contributed by atoms with Crippen LogP contribution in [0.4, 0.5) is 22.5 Å². The summed E-state index contributed by atoms with van der Waals surface area (Å²) in [6, 6.07) is 9.27. The number of piperazine rings is 1. The highest BCUT2D eigenvalue weighted by molar-refractivity contribution is 6.38. The summed E-state index contributed by atoms with van der Waals surface area (Å²) in [6.07, 6.45) is 23.8. The molecule has 134 heavy (non-hydrogen) atoms. The number of hydrogen-bond acceptors (Lipinski definition) is 29. The number of Topliss-reactive ketones (excluding diaryl/α,β-unsaturated/α-hetero) is 3. The van der Waals surface area contributed by atoms with E-state index in [2.05, 4.69) is 63.2 Å². The Labute approximate surface area is 782 Å². The van der Waals surface area contributed by atoms with Gasteiger partial charge in [-0.05, 0) is 149 Å². The lowest BCUT2D eigenvalue weighted by atomic mass is 9.81. The molecule has 4 fully saturated rings. The van der Waals surface area contributed by atoms with Crippen LogP contribution in [0.2, 0.25) is 0 Å². The van der Waals surface area contributed by atoms with Crippen molar-refractivity contribution in [1.29, 1.82) is 0 Å². The van der Waals surface area contributed by atoms with Crippen molar-refractivity contribution < 1.29 is 86.1 Å². The number of aromatic nitrogens is 10. The van der Waals surface area contributed by atoms with Gasteiger partial charge in [0, 0.05) is 158 Å². The number of rotatable bonds is 27. The van der Waals surface area contributed by atoms with Crippen molar-refractivity contribution in [3.8, 4) is 11.3 Å². The minimum atomic E-state index is -1.11.